The molecular formula is C21H12F6N4O2. The van der Waals surface area contributed by atoms with Gasteiger partial charge in [0.15, 0.2) is 5.69 Å². The summed E-state index contributed by atoms with van der Waals surface area (Å²) < 4.78 is 82.6. The standard InChI is InChI=1S/C21H12F6N4O2/c22-20(23,24)17-16(19(32)30-18-15-4-2-1-3-12(15)9-10-28-18)11-29-31(17)13-5-7-14(8-6-13)33-21(25,26)27/h1-11H,(H,28,30,32). The number of hydrogen-bond acceptors (Lipinski definition) is 4. The number of anilines is 1. The van der Waals surface area contributed by atoms with Crippen LogP contribution in [0.25, 0.3) is 16.5 Å². The van der Waals surface area contributed by atoms with Crippen molar-refractivity contribution in [1.82, 2.24) is 14.8 Å². The summed E-state index contributed by atoms with van der Waals surface area (Å²) in [6.45, 7) is 0. The molecule has 0 atom stereocenters. The second-order valence-electron chi connectivity index (χ2n) is 6.69. The first-order valence-corrected chi connectivity index (χ1v) is 9.19. The number of carbonyl (C=O) groups excluding carboxylic acids is 1. The van der Waals surface area contributed by atoms with Crippen LogP contribution in [0.1, 0.15) is 16.1 Å². The Kier molecular flexibility index (Phi) is 5.44. The number of hydrogen-bond donors (Lipinski definition) is 1. The summed E-state index contributed by atoms with van der Waals surface area (Å²) in [4.78, 5) is 16.8. The van der Waals surface area contributed by atoms with Gasteiger partial charge < -0.3 is 10.1 Å². The number of carbonyl (C=O) groups is 1. The van der Waals surface area contributed by atoms with Crippen LogP contribution in [-0.2, 0) is 6.18 Å². The summed E-state index contributed by atoms with van der Waals surface area (Å²) >= 11 is 0. The van der Waals surface area contributed by atoms with E-state index in [4.69, 9.17) is 0 Å². The first-order chi connectivity index (χ1) is 15.5. The Morgan fingerprint density at radius 3 is 2.30 bits per heavy atom. The molecule has 2 aromatic heterocycles. The van der Waals surface area contributed by atoms with Gasteiger partial charge in [0.1, 0.15) is 11.6 Å². The highest BCUT2D eigenvalue weighted by atomic mass is 19.4. The SMILES string of the molecule is O=C(Nc1nccc2ccccc12)c1cnn(-c2ccc(OC(F)(F)F)cc2)c1C(F)(F)F. The molecule has 0 aliphatic carbocycles. The maximum Gasteiger partial charge on any atom is 0.573 e. The Labute approximate surface area is 181 Å². The van der Waals surface area contributed by atoms with Crippen LogP contribution >= 0.6 is 0 Å². The van der Waals surface area contributed by atoms with E-state index in [0.717, 1.165) is 35.8 Å². The Bertz CT molecular complexity index is 1310. The van der Waals surface area contributed by atoms with Crippen LogP contribution in [0, 0.1) is 0 Å². The number of nitrogens with zero attached hydrogens (tertiary/aromatic N) is 3. The van der Waals surface area contributed by atoms with Gasteiger partial charge in [0, 0.05) is 11.6 Å². The van der Waals surface area contributed by atoms with Crippen LogP contribution in [0.4, 0.5) is 32.2 Å². The summed E-state index contributed by atoms with van der Waals surface area (Å²) in [6.07, 6.45) is -7.83. The zero-order valence-electron chi connectivity index (χ0n) is 16.3. The molecule has 6 nitrogen and oxygen atoms in total. The molecule has 33 heavy (non-hydrogen) atoms. The topological polar surface area (TPSA) is 69.0 Å². The Morgan fingerprint density at radius 2 is 1.64 bits per heavy atom. The number of rotatable bonds is 4. The monoisotopic (exact) mass is 466 g/mol. The Hall–Kier alpha value is -4.09. The highest BCUT2D eigenvalue weighted by Gasteiger charge is 2.41. The number of nitrogens with one attached hydrogen (secondary N) is 1. The fraction of sp³-hybridized carbons (Fsp3) is 0.0952. The lowest BCUT2D eigenvalue weighted by molar-refractivity contribution is -0.274. The number of amides is 1. The molecule has 1 N–H and O–H groups in total. The third-order valence-corrected chi connectivity index (χ3v) is 4.50. The third-order valence-electron chi connectivity index (χ3n) is 4.50. The normalized spacial score (nSPS) is 12.1. The number of benzene rings is 2. The van der Waals surface area contributed by atoms with Gasteiger partial charge >= 0.3 is 12.5 Å². The lowest BCUT2D eigenvalue weighted by Crippen LogP contribution is -2.21. The average molecular weight is 466 g/mol. The minimum Gasteiger partial charge on any atom is -0.406 e. The predicted octanol–water partition coefficient (Wildman–Crippen LogP) is 5.59. The van der Waals surface area contributed by atoms with Crippen molar-refractivity contribution in [3.8, 4) is 11.4 Å². The number of fused-ring (bicyclic) bond motifs is 1. The van der Waals surface area contributed by atoms with Crippen LogP contribution in [0.5, 0.6) is 5.75 Å². The second kappa shape index (κ2) is 8.11. The minimum absolute atomic E-state index is 0.0626. The maximum absolute atomic E-state index is 13.9. The van der Waals surface area contributed by atoms with E-state index in [0.29, 0.717) is 10.1 Å². The molecule has 2 heterocycles. The Morgan fingerprint density at radius 1 is 0.939 bits per heavy atom. The molecule has 0 saturated heterocycles. The number of aromatic nitrogens is 3. The van der Waals surface area contributed by atoms with Crippen molar-refractivity contribution in [2.24, 2.45) is 0 Å². The molecule has 4 aromatic rings. The van der Waals surface area contributed by atoms with E-state index in [2.05, 4.69) is 20.1 Å². The van der Waals surface area contributed by atoms with Gasteiger partial charge in [0.2, 0.25) is 0 Å². The van der Waals surface area contributed by atoms with Crippen LogP contribution in [-0.4, -0.2) is 27.0 Å². The molecule has 12 heteroatoms. The average Bonchev–Trinajstić information content (AvgIpc) is 3.19. The van der Waals surface area contributed by atoms with Gasteiger partial charge in [-0.15, -0.1) is 13.2 Å². The fourth-order valence-corrected chi connectivity index (χ4v) is 3.17. The molecule has 1 amide bonds. The van der Waals surface area contributed by atoms with Crippen molar-refractivity contribution in [2.45, 2.75) is 12.5 Å². The molecule has 0 fully saturated rings. The van der Waals surface area contributed by atoms with Gasteiger partial charge in [0.05, 0.1) is 17.4 Å². The molecule has 0 aliphatic rings. The van der Waals surface area contributed by atoms with E-state index >= 15 is 0 Å². The van der Waals surface area contributed by atoms with Gasteiger partial charge in [0.25, 0.3) is 5.91 Å². The van der Waals surface area contributed by atoms with Crippen LogP contribution in [0.3, 0.4) is 0 Å². The van der Waals surface area contributed by atoms with E-state index in [1.54, 1.807) is 30.3 Å². The lowest BCUT2D eigenvalue weighted by Gasteiger charge is -2.14. The molecule has 0 saturated carbocycles. The number of halogens is 6. The first-order valence-electron chi connectivity index (χ1n) is 9.19. The molecular weight excluding hydrogens is 454 g/mol. The molecule has 170 valence electrons. The van der Waals surface area contributed by atoms with E-state index in [1.165, 1.54) is 6.20 Å². The minimum atomic E-state index is -5.00. The van der Waals surface area contributed by atoms with Gasteiger partial charge in [-0.05, 0) is 35.7 Å². The first kappa shape index (κ1) is 22.1. The van der Waals surface area contributed by atoms with E-state index in [-0.39, 0.29) is 11.5 Å². The number of ether oxygens (including phenoxy) is 1. The molecule has 0 spiro atoms. The Balaban J connectivity index is 1.69. The van der Waals surface area contributed by atoms with Crippen molar-refractivity contribution >= 4 is 22.5 Å². The fourth-order valence-electron chi connectivity index (χ4n) is 3.17. The highest BCUT2D eigenvalue weighted by molar-refractivity contribution is 6.08. The van der Waals surface area contributed by atoms with Crippen LogP contribution in [0.2, 0.25) is 0 Å². The van der Waals surface area contributed by atoms with Crippen molar-refractivity contribution in [2.75, 3.05) is 5.32 Å². The van der Waals surface area contributed by atoms with Gasteiger partial charge in [-0.3, -0.25) is 4.79 Å². The predicted molar refractivity (Wildman–Crippen MR) is 105 cm³/mol. The number of alkyl halides is 6. The zero-order chi connectivity index (χ0) is 23.8. The second-order valence-corrected chi connectivity index (χ2v) is 6.69. The number of pyridine rings is 1. The summed E-state index contributed by atoms with van der Waals surface area (Å²) in [5, 5.41) is 7.24. The van der Waals surface area contributed by atoms with Gasteiger partial charge in [-0.1, -0.05) is 24.3 Å². The van der Waals surface area contributed by atoms with Gasteiger partial charge in [-0.25, -0.2) is 9.67 Å². The molecule has 4 rings (SSSR count). The third kappa shape index (κ3) is 4.73. The summed E-state index contributed by atoms with van der Waals surface area (Å²) in [5.74, 6) is -1.66. The van der Waals surface area contributed by atoms with Crippen LogP contribution < -0.4 is 10.1 Å². The molecule has 0 bridgehead atoms. The summed E-state index contributed by atoms with van der Waals surface area (Å²) in [6, 6.07) is 12.1. The zero-order valence-corrected chi connectivity index (χ0v) is 16.3. The molecule has 0 aliphatic heterocycles. The summed E-state index contributed by atoms with van der Waals surface area (Å²) in [7, 11) is 0. The lowest BCUT2D eigenvalue weighted by atomic mass is 10.1. The summed E-state index contributed by atoms with van der Waals surface area (Å²) in [5.41, 5.74) is -2.41. The highest BCUT2D eigenvalue weighted by Crippen LogP contribution is 2.35. The van der Waals surface area contributed by atoms with Crippen molar-refractivity contribution < 1.29 is 35.9 Å². The van der Waals surface area contributed by atoms with E-state index in [9.17, 15) is 31.1 Å². The quantitative estimate of drug-likeness (QED) is 0.398. The van der Waals surface area contributed by atoms with Crippen molar-refractivity contribution in [3.05, 3.63) is 78.2 Å². The van der Waals surface area contributed by atoms with Crippen molar-refractivity contribution in [3.63, 3.8) is 0 Å². The smallest absolute Gasteiger partial charge is 0.406 e. The largest absolute Gasteiger partial charge is 0.573 e. The van der Waals surface area contributed by atoms with Crippen LogP contribution in [0.15, 0.2) is 67.0 Å². The maximum atomic E-state index is 13.9. The molecule has 0 unspecified atom stereocenters. The van der Waals surface area contributed by atoms with Gasteiger partial charge in [-0.2, -0.15) is 18.3 Å². The van der Waals surface area contributed by atoms with Crippen molar-refractivity contribution in [1.29, 1.82) is 0 Å². The van der Waals surface area contributed by atoms with E-state index < -0.39 is 35.5 Å². The molecule has 2 aromatic carbocycles. The van der Waals surface area contributed by atoms with E-state index in [1.807, 2.05) is 0 Å². The molecule has 0 radical (unpaired) electrons.